The zero-order valence-corrected chi connectivity index (χ0v) is 12.6. The Morgan fingerprint density at radius 3 is 2.12 bits per heavy atom. The van der Waals surface area contributed by atoms with E-state index in [1.54, 1.807) is 0 Å². The summed E-state index contributed by atoms with van der Waals surface area (Å²) in [5, 5.41) is 68.5. The van der Waals surface area contributed by atoms with Gasteiger partial charge in [0.05, 0.1) is 31.0 Å². The highest BCUT2D eigenvalue weighted by Gasteiger charge is 2.55. The number of aliphatic hydroxyl groups excluding tert-OH is 7. The van der Waals surface area contributed by atoms with Crippen molar-refractivity contribution in [2.45, 2.75) is 55.3 Å². The van der Waals surface area contributed by atoms with Crippen LogP contribution in [0.1, 0.15) is 0 Å². The van der Waals surface area contributed by atoms with Gasteiger partial charge in [0.1, 0.15) is 30.5 Å². The summed E-state index contributed by atoms with van der Waals surface area (Å²) in [7, 11) is 0. The van der Waals surface area contributed by atoms with Crippen molar-refractivity contribution in [1.82, 2.24) is 0 Å². The molecule has 0 aromatic rings. The van der Waals surface area contributed by atoms with Gasteiger partial charge in [0.25, 0.3) is 0 Å². The summed E-state index contributed by atoms with van der Waals surface area (Å²) in [5.74, 6) is -1.45. The molecular formula is C14H22O10. The minimum atomic E-state index is -1.62. The number of hydrogen-bond donors (Lipinski definition) is 7. The second kappa shape index (κ2) is 6.83. The Kier molecular flexibility index (Phi) is 5.12. The largest absolute Gasteiger partial charge is 0.472 e. The minimum absolute atomic E-state index is 0.609. The maximum Gasteiger partial charge on any atom is 0.207 e. The normalized spacial score (nSPS) is 54.4. The van der Waals surface area contributed by atoms with E-state index in [0.29, 0.717) is 0 Å². The summed E-state index contributed by atoms with van der Waals surface area (Å²) < 4.78 is 16.0. The van der Waals surface area contributed by atoms with Crippen molar-refractivity contribution >= 4 is 0 Å². The van der Waals surface area contributed by atoms with Gasteiger partial charge in [0.2, 0.25) is 6.29 Å². The molecule has 10 heteroatoms. The molecule has 0 bridgehead atoms. The summed E-state index contributed by atoms with van der Waals surface area (Å²) in [4.78, 5) is 0. The molecule has 0 spiro atoms. The highest BCUT2D eigenvalue weighted by Crippen LogP contribution is 2.41. The van der Waals surface area contributed by atoms with Crippen LogP contribution in [0.2, 0.25) is 0 Å². The first-order valence-electron chi connectivity index (χ1n) is 7.69. The second-order valence-electron chi connectivity index (χ2n) is 6.29. The average Bonchev–Trinajstić information content (AvgIpc) is 2.80. The van der Waals surface area contributed by atoms with Gasteiger partial charge in [-0.25, -0.2) is 0 Å². The van der Waals surface area contributed by atoms with Gasteiger partial charge in [-0.05, 0) is 6.08 Å². The van der Waals surface area contributed by atoms with Crippen molar-refractivity contribution in [2.24, 2.45) is 11.8 Å². The molecule has 0 amide bonds. The van der Waals surface area contributed by atoms with Crippen LogP contribution in [0, 0.1) is 11.8 Å². The number of ether oxygens (including phenoxy) is 3. The molecule has 2 fully saturated rings. The van der Waals surface area contributed by atoms with Gasteiger partial charge in [-0.2, -0.15) is 0 Å². The quantitative estimate of drug-likeness (QED) is 0.266. The molecule has 3 rings (SSSR count). The zero-order valence-electron chi connectivity index (χ0n) is 12.6. The Morgan fingerprint density at radius 1 is 0.792 bits per heavy atom. The number of fused-ring (bicyclic) bond motifs is 1. The molecule has 10 nitrogen and oxygen atoms in total. The van der Waals surface area contributed by atoms with Crippen molar-refractivity contribution in [3.8, 4) is 0 Å². The highest BCUT2D eigenvalue weighted by molar-refractivity contribution is 5.09. The minimum Gasteiger partial charge on any atom is -0.472 e. The first kappa shape index (κ1) is 18.0. The second-order valence-corrected chi connectivity index (χ2v) is 6.29. The maximum atomic E-state index is 10.1. The molecule has 138 valence electrons. The van der Waals surface area contributed by atoms with Gasteiger partial charge < -0.3 is 50.0 Å². The van der Waals surface area contributed by atoms with Crippen molar-refractivity contribution in [3.05, 3.63) is 12.3 Å². The van der Waals surface area contributed by atoms with Crippen LogP contribution in [0.4, 0.5) is 0 Å². The predicted molar refractivity (Wildman–Crippen MR) is 73.9 cm³/mol. The highest BCUT2D eigenvalue weighted by atomic mass is 16.8. The van der Waals surface area contributed by atoms with E-state index in [1.807, 2.05) is 0 Å². The molecule has 7 N–H and O–H groups in total. The lowest BCUT2D eigenvalue weighted by Crippen LogP contribution is -2.60. The fraction of sp³-hybridized carbons (Fsp3) is 0.857. The summed E-state index contributed by atoms with van der Waals surface area (Å²) in [6, 6.07) is 0. The monoisotopic (exact) mass is 350 g/mol. The van der Waals surface area contributed by atoms with Crippen LogP contribution >= 0.6 is 0 Å². The first-order chi connectivity index (χ1) is 11.4. The van der Waals surface area contributed by atoms with Crippen LogP contribution in [-0.2, 0) is 14.2 Å². The Hall–Kier alpha value is -0.820. The summed E-state index contributed by atoms with van der Waals surface area (Å²) in [6.45, 7) is -0.609. The van der Waals surface area contributed by atoms with Crippen molar-refractivity contribution in [1.29, 1.82) is 0 Å². The third kappa shape index (κ3) is 2.83. The van der Waals surface area contributed by atoms with Crippen molar-refractivity contribution in [3.63, 3.8) is 0 Å². The Bertz CT molecular complexity index is 470. The van der Waals surface area contributed by atoms with Crippen molar-refractivity contribution < 1.29 is 50.0 Å². The van der Waals surface area contributed by atoms with Crippen LogP contribution in [0.3, 0.4) is 0 Å². The molecule has 11 unspecified atom stereocenters. The van der Waals surface area contributed by atoms with Crippen LogP contribution in [0.5, 0.6) is 0 Å². The van der Waals surface area contributed by atoms with Crippen LogP contribution < -0.4 is 0 Å². The number of hydrogen-bond acceptors (Lipinski definition) is 10. The molecule has 11 atom stereocenters. The molecule has 3 aliphatic rings. The van der Waals surface area contributed by atoms with Crippen LogP contribution in [0.15, 0.2) is 12.3 Å². The topological polar surface area (TPSA) is 169 Å². The van der Waals surface area contributed by atoms with Gasteiger partial charge in [0.15, 0.2) is 6.29 Å². The molecule has 0 aromatic heterocycles. The van der Waals surface area contributed by atoms with E-state index < -0.39 is 73.8 Å². The molecule has 2 heterocycles. The fourth-order valence-corrected chi connectivity index (χ4v) is 3.44. The Morgan fingerprint density at radius 2 is 1.46 bits per heavy atom. The van der Waals surface area contributed by atoms with Crippen molar-refractivity contribution in [2.75, 3.05) is 6.61 Å². The SMILES string of the molecule is OCC1OC(OC2OC=CC3C(O)C(O)C(O)C23)C(O)C(O)C1O. The average molecular weight is 350 g/mol. The molecular weight excluding hydrogens is 328 g/mol. The van der Waals surface area contributed by atoms with E-state index in [4.69, 9.17) is 19.3 Å². The molecule has 1 aliphatic carbocycles. The smallest absolute Gasteiger partial charge is 0.207 e. The van der Waals surface area contributed by atoms with Gasteiger partial charge in [-0.3, -0.25) is 0 Å². The van der Waals surface area contributed by atoms with E-state index in [1.165, 1.54) is 12.3 Å². The number of aliphatic hydroxyl groups is 7. The van der Waals surface area contributed by atoms with Crippen LogP contribution in [0.25, 0.3) is 0 Å². The van der Waals surface area contributed by atoms with E-state index in [-0.39, 0.29) is 0 Å². The summed E-state index contributed by atoms with van der Waals surface area (Å²) >= 11 is 0. The molecule has 2 aliphatic heterocycles. The third-order valence-corrected chi connectivity index (χ3v) is 4.88. The van der Waals surface area contributed by atoms with E-state index in [2.05, 4.69) is 0 Å². The lowest BCUT2D eigenvalue weighted by atomic mass is 9.91. The standard InChI is InChI=1S/C14H22O10/c15-3-5-8(17)11(20)12(21)14(23-5)24-13-6-4(1-2-22-13)7(16)10(19)9(6)18/h1-2,4-21H,3H2. The summed E-state index contributed by atoms with van der Waals surface area (Å²) in [5.41, 5.74) is 0. The summed E-state index contributed by atoms with van der Waals surface area (Å²) in [6.07, 6.45) is -9.71. The number of rotatable bonds is 3. The molecule has 0 aromatic carbocycles. The Labute approximate surface area is 137 Å². The van der Waals surface area contributed by atoms with E-state index in [9.17, 15) is 30.6 Å². The third-order valence-electron chi connectivity index (χ3n) is 4.88. The lowest BCUT2D eigenvalue weighted by Gasteiger charge is -2.42. The van der Waals surface area contributed by atoms with E-state index >= 15 is 0 Å². The molecule has 1 saturated heterocycles. The zero-order chi connectivity index (χ0) is 17.6. The van der Waals surface area contributed by atoms with Gasteiger partial charge in [0, 0.05) is 5.92 Å². The van der Waals surface area contributed by atoms with Crippen LogP contribution in [-0.4, -0.2) is 97.7 Å². The molecule has 1 saturated carbocycles. The first-order valence-corrected chi connectivity index (χ1v) is 7.69. The predicted octanol–water partition coefficient (Wildman–Crippen LogP) is -4.00. The van der Waals surface area contributed by atoms with Gasteiger partial charge in [-0.15, -0.1) is 0 Å². The maximum absolute atomic E-state index is 10.1. The molecule has 24 heavy (non-hydrogen) atoms. The fourth-order valence-electron chi connectivity index (χ4n) is 3.44. The lowest BCUT2D eigenvalue weighted by molar-refractivity contribution is -0.343. The Balaban J connectivity index is 1.74. The van der Waals surface area contributed by atoms with E-state index in [0.717, 1.165) is 0 Å². The van der Waals surface area contributed by atoms with Gasteiger partial charge >= 0.3 is 0 Å². The molecule has 0 radical (unpaired) electrons. The van der Waals surface area contributed by atoms with Gasteiger partial charge in [-0.1, -0.05) is 0 Å².